The molecule has 0 fully saturated rings. The Labute approximate surface area is 106 Å². The molecule has 0 spiro atoms. The fourth-order valence-electron chi connectivity index (χ4n) is 2.38. The van der Waals surface area contributed by atoms with E-state index in [1.807, 2.05) is 24.3 Å². The number of benzene rings is 2. The second-order valence-electron chi connectivity index (χ2n) is 4.58. The average molecular weight is 239 g/mol. The molecule has 2 aromatic carbocycles. The normalized spacial score (nSPS) is 13.8. The zero-order chi connectivity index (χ0) is 12.5. The summed E-state index contributed by atoms with van der Waals surface area (Å²) >= 11 is 0. The Morgan fingerprint density at radius 1 is 1.06 bits per heavy atom. The molecule has 18 heavy (non-hydrogen) atoms. The van der Waals surface area contributed by atoms with E-state index in [4.69, 9.17) is 0 Å². The first-order chi connectivity index (χ1) is 8.74. The van der Waals surface area contributed by atoms with E-state index < -0.39 is 0 Å². The third-order valence-corrected chi connectivity index (χ3v) is 3.31. The number of anilines is 1. The van der Waals surface area contributed by atoms with Gasteiger partial charge in [0.1, 0.15) is 5.82 Å². The molecule has 0 aromatic heterocycles. The van der Waals surface area contributed by atoms with Gasteiger partial charge in [0.15, 0.2) is 0 Å². The first-order valence-corrected chi connectivity index (χ1v) is 6.02. The summed E-state index contributed by atoms with van der Waals surface area (Å²) in [6.07, 6.45) is 0.900. The van der Waals surface area contributed by atoms with Gasteiger partial charge in [-0.2, -0.15) is 0 Å². The van der Waals surface area contributed by atoms with Crippen molar-refractivity contribution in [1.29, 1.82) is 0 Å². The van der Waals surface area contributed by atoms with Crippen molar-refractivity contribution < 1.29 is 4.39 Å². The lowest BCUT2D eigenvalue weighted by atomic mass is 10.1. The van der Waals surface area contributed by atoms with Gasteiger partial charge in [-0.3, -0.25) is 0 Å². The predicted molar refractivity (Wildman–Crippen MR) is 71.9 cm³/mol. The van der Waals surface area contributed by atoms with Crippen LogP contribution in [0.3, 0.4) is 0 Å². The molecule has 0 radical (unpaired) electrons. The van der Waals surface area contributed by atoms with Crippen LogP contribution in [0.25, 0.3) is 0 Å². The third kappa shape index (κ3) is 1.90. The van der Waals surface area contributed by atoms with Crippen molar-refractivity contribution in [2.45, 2.75) is 13.0 Å². The molecule has 0 saturated carbocycles. The van der Waals surface area contributed by atoms with Crippen molar-refractivity contribution in [3.8, 4) is 0 Å². The standard InChI is InChI=1S/C16H14FN/c1-12-10-14-4-2-3-5-16(14)18(12)11-13-6-8-15(17)9-7-13/h2-9H,1,10-11H2. The molecule has 0 unspecified atom stereocenters. The molecular formula is C16H14FN. The van der Waals surface area contributed by atoms with Crippen molar-refractivity contribution in [2.24, 2.45) is 0 Å². The molecule has 0 N–H and O–H groups in total. The summed E-state index contributed by atoms with van der Waals surface area (Å²) in [4.78, 5) is 2.20. The van der Waals surface area contributed by atoms with E-state index in [0.717, 1.165) is 24.2 Å². The first-order valence-electron chi connectivity index (χ1n) is 6.02. The largest absolute Gasteiger partial charge is 0.341 e. The van der Waals surface area contributed by atoms with Crippen LogP contribution in [0, 0.1) is 5.82 Å². The minimum atomic E-state index is -0.195. The Balaban J connectivity index is 1.89. The minimum absolute atomic E-state index is 0.195. The summed E-state index contributed by atoms with van der Waals surface area (Å²) in [5.74, 6) is -0.195. The van der Waals surface area contributed by atoms with Gasteiger partial charge in [-0.05, 0) is 29.3 Å². The molecule has 1 heterocycles. The third-order valence-electron chi connectivity index (χ3n) is 3.31. The quantitative estimate of drug-likeness (QED) is 0.768. The molecule has 2 heteroatoms. The van der Waals surface area contributed by atoms with E-state index in [0.29, 0.717) is 0 Å². The molecule has 3 rings (SSSR count). The van der Waals surface area contributed by atoms with Crippen LogP contribution in [-0.4, -0.2) is 0 Å². The van der Waals surface area contributed by atoms with Crippen molar-refractivity contribution >= 4 is 5.69 Å². The van der Waals surface area contributed by atoms with E-state index in [1.165, 1.54) is 23.4 Å². The van der Waals surface area contributed by atoms with Crippen molar-refractivity contribution in [3.05, 3.63) is 77.8 Å². The van der Waals surface area contributed by atoms with Crippen LogP contribution in [0.2, 0.25) is 0 Å². The summed E-state index contributed by atoms with van der Waals surface area (Å²) in [5, 5.41) is 0. The maximum atomic E-state index is 12.9. The summed E-state index contributed by atoms with van der Waals surface area (Å²) in [6.45, 7) is 4.86. The van der Waals surface area contributed by atoms with E-state index >= 15 is 0 Å². The lowest BCUT2D eigenvalue weighted by molar-refractivity contribution is 0.627. The van der Waals surface area contributed by atoms with Gasteiger partial charge in [0.25, 0.3) is 0 Å². The molecule has 1 aliphatic rings. The maximum absolute atomic E-state index is 12.9. The number of hydrogen-bond donors (Lipinski definition) is 0. The van der Waals surface area contributed by atoms with Crippen molar-refractivity contribution in [3.63, 3.8) is 0 Å². The molecule has 2 aromatic rings. The lowest BCUT2D eigenvalue weighted by Crippen LogP contribution is -2.17. The van der Waals surface area contributed by atoms with Crippen molar-refractivity contribution in [2.75, 3.05) is 4.90 Å². The maximum Gasteiger partial charge on any atom is 0.123 e. The zero-order valence-corrected chi connectivity index (χ0v) is 10.1. The van der Waals surface area contributed by atoms with E-state index in [1.54, 1.807) is 0 Å². The number of nitrogens with zero attached hydrogens (tertiary/aromatic N) is 1. The molecule has 1 aliphatic heterocycles. The molecule has 0 bridgehead atoms. The Bertz CT molecular complexity index is 586. The van der Waals surface area contributed by atoms with Gasteiger partial charge in [-0.25, -0.2) is 4.39 Å². The summed E-state index contributed by atoms with van der Waals surface area (Å²) in [6, 6.07) is 15.0. The molecule has 0 saturated heterocycles. The van der Waals surface area contributed by atoms with Crippen LogP contribution < -0.4 is 4.90 Å². The second kappa shape index (κ2) is 4.30. The number of allylic oxidation sites excluding steroid dienone is 1. The molecular weight excluding hydrogens is 225 g/mol. The zero-order valence-electron chi connectivity index (χ0n) is 10.1. The number of halogens is 1. The fraction of sp³-hybridized carbons (Fsp3) is 0.125. The number of hydrogen-bond acceptors (Lipinski definition) is 1. The van der Waals surface area contributed by atoms with Crippen LogP contribution >= 0.6 is 0 Å². The molecule has 1 nitrogen and oxygen atoms in total. The topological polar surface area (TPSA) is 3.24 Å². The van der Waals surface area contributed by atoms with Crippen LogP contribution in [0.1, 0.15) is 11.1 Å². The molecule has 90 valence electrons. The highest BCUT2D eigenvalue weighted by Crippen LogP contribution is 2.34. The summed E-state index contributed by atoms with van der Waals surface area (Å²) in [7, 11) is 0. The molecule has 0 atom stereocenters. The highest BCUT2D eigenvalue weighted by Gasteiger charge is 2.21. The SMILES string of the molecule is C=C1Cc2ccccc2N1Cc1ccc(F)cc1. The van der Waals surface area contributed by atoms with Gasteiger partial charge in [-0.15, -0.1) is 0 Å². The van der Waals surface area contributed by atoms with E-state index in [9.17, 15) is 4.39 Å². The fourth-order valence-corrected chi connectivity index (χ4v) is 2.38. The molecule has 0 amide bonds. The van der Waals surface area contributed by atoms with Gasteiger partial charge < -0.3 is 4.90 Å². The van der Waals surface area contributed by atoms with Gasteiger partial charge in [0.05, 0.1) is 0 Å². The smallest absolute Gasteiger partial charge is 0.123 e. The Kier molecular flexibility index (Phi) is 2.63. The Morgan fingerprint density at radius 2 is 1.78 bits per heavy atom. The highest BCUT2D eigenvalue weighted by atomic mass is 19.1. The lowest BCUT2D eigenvalue weighted by Gasteiger charge is -2.20. The predicted octanol–water partition coefficient (Wildman–Crippen LogP) is 3.90. The van der Waals surface area contributed by atoms with E-state index in [2.05, 4.69) is 23.6 Å². The van der Waals surface area contributed by atoms with Crippen molar-refractivity contribution in [1.82, 2.24) is 0 Å². The van der Waals surface area contributed by atoms with E-state index in [-0.39, 0.29) is 5.82 Å². The van der Waals surface area contributed by atoms with Gasteiger partial charge >= 0.3 is 0 Å². The Hall–Kier alpha value is -2.09. The number of rotatable bonds is 2. The highest BCUT2D eigenvalue weighted by molar-refractivity contribution is 5.64. The van der Waals surface area contributed by atoms with Crippen LogP contribution in [0.4, 0.5) is 10.1 Å². The minimum Gasteiger partial charge on any atom is -0.341 e. The van der Waals surface area contributed by atoms with Gasteiger partial charge in [0.2, 0.25) is 0 Å². The second-order valence-corrected chi connectivity index (χ2v) is 4.58. The Morgan fingerprint density at radius 3 is 2.56 bits per heavy atom. The average Bonchev–Trinajstić information content (AvgIpc) is 2.69. The summed E-state index contributed by atoms with van der Waals surface area (Å²) < 4.78 is 12.9. The number of para-hydroxylation sites is 1. The van der Waals surface area contributed by atoms with Crippen LogP contribution in [-0.2, 0) is 13.0 Å². The summed E-state index contributed by atoms with van der Waals surface area (Å²) in [5.41, 5.74) is 4.71. The monoisotopic (exact) mass is 239 g/mol. The number of fused-ring (bicyclic) bond motifs is 1. The van der Waals surface area contributed by atoms with Crippen LogP contribution in [0.15, 0.2) is 60.8 Å². The van der Waals surface area contributed by atoms with Crippen LogP contribution in [0.5, 0.6) is 0 Å². The van der Waals surface area contributed by atoms with Gasteiger partial charge in [0, 0.05) is 24.4 Å². The van der Waals surface area contributed by atoms with Gasteiger partial charge in [-0.1, -0.05) is 36.9 Å². The first kappa shape index (κ1) is 11.0. The molecule has 0 aliphatic carbocycles.